The van der Waals surface area contributed by atoms with Gasteiger partial charge in [0.1, 0.15) is 5.75 Å². The molecule has 1 aromatic carbocycles. The molecule has 0 N–H and O–H groups in total. The SMILES string of the molecule is CC1(C)OB(c2ccc(OC(=O)N3CCCC3)cc2)OC1(C)C. The number of ether oxygens (including phenoxy) is 1. The summed E-state index contributed by atoms with van der Waals surface area (Å²) in [5, 5.41) is 0. The van der Waals surface area contributed by atoms with Crippen molar-refractivity contribution in [2.24, 2.45) is 0 Å². The summed E-state index contributed by atoms with van der Waals surface area (Å²) in [7, 11) is -0.400. The molecule has 2 aliphatic heterocycles. The van der Waals surface area contributed by atoms with Gasteiger partial charge in [-0.15, -0.1) is 0 Å². The van der Waals surface area contributed by atoms with Crippen molar-refractivity contribution in [2.75, 3.05) is 13.1 Å². The highest BCUT2D eigenvalue weighted by Crippen LogP contribution is 2.36. The highest BCUT2D eigenvalue weighted by molar-refractivity contribution is 6.62. The first-order valence-electron chi connectivity index (χ1n) is 8.21. The van der Waals surface area contributed by atoms with Gasteiger partial charge in [-0.05, 0) is 58.1 Å². The number of carbonyl (C=O) groups is 1. The molecule has 0 bridgehead atoms. The summed E-state index contributed by atoms with van der Waals surface area (Å²) in [6.07, 6.45) is 1.83. The third-order valence-electron chi connectivity index (χ3n) is 4.97. The summed E-state index contributed by atoms with van der Waals surface area (Å²) in [6.45, 7) is 9.67. The fraction of sp³-hybridized carbons (Fsp3) is 0.588. The number of benzene rings is 1. The van der Waals surface area contributed by atoms with Gasteiger partial charge in [0, 0.05) is 13.1 Å². The van der Waals surface area contributed by atoms with Crippen LogP contribution >= 0.6 is 0 Å². The van der Waals surface area contributed by atoms with Gasteiger partial charge in [0.2, 0.25) is 0 Å². The molecule has 0 atom stereocenters. The average molecular weight is 317 g/mol. The Morgan fingerprint density at radius 3 is 2.09 bits per heavy atom. The van der Waals surface area contributed by atoms with Crippen LogP contribution in [-0.2, 0) is 9.31 Å². The molecular formula is C17H24BNO4. The first-order valence-corrected chi connectivity index (χ1v) is 8.21. The molecule has 6 heteroatoms. The van der Waals surface area contributed by atoms with Crippen molar-refractivity contribution in [3.8, 4) is 5.75 Å². The minimum Gasteiger partial charge on any atom is -0.410 e. The molecule has 2 heterocycles. The second-order valence-corrected chi connectivity index (χ2v) is 7.22. The van der Waals surface area contributed by atoms with Crippen LogP contribution in [0.3, 0.4) is 0 Å². The molecule has 5 nitrogen and oxygen atoms in total. The highest BCUT2D eigenvalue weighted by Gasteiger charge is 2.51. The lowest BCUT2D eigenvalue weighted by molar-refractivity contribution is 0.00578. The molecule has 23 heavy (non-hydrogen) atoms. The second-order valence-electron chi connectivity index (χ2n) is 7.22. The van der Waals surface area contributed by atoms with Crippen LogP contribution in [0.5, 0.6) is 5.75 Å². The van der Waals surface area contributed by atoms with E-state index in [4.69, 9.17) is 14.0 Å². The minimum absolute atomic E-state index is 0.272. The van der Waals surface area contributed by atoms with Crippen LogP contribution in [0.1, 0.15) is 40.5 Å². The number of carbonyl (C=O) groups excluding carboxylic acids is 1. The van der Waals surface area contributed by atoms with E-state index in [1.165, 1.54) is 0 Å². The third-order valence-corrected chi connectivity index (χ3v) is 4.97. The van der Waals surface area contributed by atoms with Gasteiger partial charge in [0.15, 0.2) is 0 Å². The molecule has 2 aliphatic rings. The highest BCUT2D eigenvalue weighted by atomic mass is 16.7. The summed E-state index contributed by atoms with van der Waals surface area (Å²) in [5.74, 6) is 0.544. The van der Waals surface area contributed by atoms with Crippen LogP contribution in [-0.4, -0.2) is 42.4 Å². The molecule has 0 unspecified atom stereocenters. The van der Waals surface area contributed by atoms with Crippen molar-refractivity contribution in [2.45, 2.75) is 51.7 Å². The van der Waals surface area contributed by atoms with Crippen LogP contribution in [0, 0.1) is 0 Å². The fourth-order valence-corrected chi connectivity index (χ4v) is 2.74. The zero-order valence-electron chi connectivity index (χ0n) is 14.3. The largest absolute Gasteiger partial charge is 0.494 e. The molecule has 0 radical (unpaired) electrons. The van der Waals surface area contributed by atoms with E-state index in [0.29, 0.717) is 5.75 Å². The molecule has 1 amide bonds. The topological polar surface area (TPSA) is 48.0 Å². The predicted molar refractivity (Wildman–Crippen MR) is 89.0 cm³/mol. The maximum absolute atomic E-state index is 12.0. The number of likely N-dealkylation sites (tertiary alicyclic amines) is 1. The fourth-order valence-electron chi connectivity index (χ4n) is 2.74. The van der Waals surface area contributed by atoms with Gasteiger partial charge in [0.25, 0.3) is 0 Å². The van der Waals surface area contributed by atoms with Crippen LogP contribution in [0.4, 0.5) is 4.79 Å². The summed E-state index contributed by atoms with van der Waals surface area (Å²) in [5.41, 5.74) is 0.196. The summed E-state index contributed by atoms with van der Waals surface area (Å²) < 4.78 is 17.4. The van der Waals surface area contributed by atoms with Gasteiger partial charge in [-0.1, -0.05) is 12.1 Å². The molecule has 1 aromatic rings. The Labute approximate surface area is 138 Å². The molecule has 2 fully saturated rings. The minimum atomic E-state index is -0.400. The number of amides is 1. The average Bonchev–Trinajstić information content (AvgIpc) is 3.07. The van der Waals surface area contributed by atoms with Crippen LogP contribution in [0.25, 0.3) is 0 Å². The van der Waals surface area contributed by atoms with E-state index >= 15 is 0 Å². The van der Waals surface area contributed by atoms with E-state index in [9.17, 15) is 4.79 Å². The first-order chi connectivity index (χ1) is 10.8. The van der Waals surface area contributed by atoms with Crippen molar-refractivity contribution < 1.29 is 18.8 Å². The van der Waals surface area contributed by atoms with Gasteiger partial charge >= 0.3 is 13.2 Å². The van der Waals surface area contributed by atoms with Gasteiger partial charge in [0.05, 0.1) is 11.2 Å². The molecule has 0 saturated carbocycles. The molecule has 0 spiro atoms. The lowest BCUT2D eigenvalue weighted by atomic mass is 9.79. The Hall–Kier alpha value is -1.53. The number of rotatable bonds is 2. The number of hydrogen-bond donors (Lipinski definition) is 0. The summed E-state index contributed by atoms with van der Waals surface area (Å²) in [4.78, 5) is 13.7. The molecule has 2 saturated heterocycles. The van der Waals surface area contributed by atoms with Crippen molar-refractivity contribution in [1.82, 2.24) is 4.90 Å². The van der Waals surface area contributed by atoms with Crippen LogP contribution < -0.4 is 10.2 Å². The standard InChI is InChI=1S/C17H24BNO4/c1-16(2)17(3,4)23-18(22-16)13-7-9-14(10-8-13)21-15(20)19-11-5-6-12-19/h7-10H,5-6,11-12H2,1-4H3. The van der Waals surface area contributed by atoms with E-state index in [1.807, 2.05) is 39.8 Å². The van der Waals surface area contributed by atoms with Crippen molar-refractivity contribution in [3.63, 3.8) is 0 Å². The Kier molecular flexibility index (Phi) is 4.15. The van der Waals surface area contributed by atoms with Gasteiger partial charge in [-0.3, -0.25) is 0 Å². The van der Waals surface area contributed by atoms with Crippen molar-refractivity contribution in [3.05, 3.63) is 24.3 Å². The van der Waals surface area contributed by atoms with E-state index in [0.717, 1.165) is 31.4 Å². The molecule has 0 aromatic heterocycles. The number of nitrogens with zero attached hydrogens (tertiary/aromatic N) is 1. The molecule has 124 valence electrons. The Bertz CT molecular complexity index is 563. The third kappa shape index (κ3) is 3.24. The van der Waals surface area contributed by atoms with E-state index < -0.39 is 7.12 Å². The Morgan fingerprint density at radius 1 is 1.04 bits per heavy atom. The van der Waals surface area contributed by atoms with E-state index in [1.54, 1.807) is 17.0 Å². The summed E-state index contributed by atoms with van der Waals surface area (Å²) >= 11 is 0. The second kappa shape index (κ2) is 5.84. The van der Waals surface area contributed by atoms with Crippen LogP contribution in [0.15, 0.2) is 24.3 Å². The van der Waals surface area contributed by atoms with Crippen LogP contribution in [0.2, 0.25) is 0 Å². The molecular weight excluding hydrogens is 293 g/mol. The summed E-state index contributed by atoms with van der Waals surface area (Å²) in [6, 6.07) is 7.34. The smallest absolute Gasteiger partial charge is 0.410 e. The maximum Gasteiger partial charge on any atom is 0.494 e. The molecule has 3 rings (SSSR count). The molecule has 0 aliphatic carbocycles. The lowest BCUT2D eigenvalue weighted by Crippen LogP contribution is -2.41. The Balaban J connectivity index is 1.65. The van der Waals surface area contributed by atoms with E-state index in [2.05, 4.69) is 0 Å². The maximum atomic E-state index is 12.0. The monoisotopic (exact) mass is 317 g/mol. The van der Waals surface area contributed by atoms with E-state index in [-0.39, 0.29) is 17.3 Å². The zero-order valence-corrected chi connectivity index (χ0v) is 14.3. The van der Waals surface area contributed by atoms with Gasteiger partial charge in [-0.2, -0.15) is 0 Å². The first kappa shape index (κ1) is 16.3. The number of hydrogen-bond acceptors (Lipinski definition) is 4. The van der Waals surface area contributed by atoms with Gasteiger partial charge in [-0.25, -0.2) is 4.79 Å². The lowest BCUT2D eigenvalue weighted by Gasteiger charge is -2.32. The van der Waals surface area contributed by atoms with Crippen molar-refractivity contribution in [1.29, 1.82) is 0 Å². The predicted octanol–water partition coefficient (Wildman–Crippen LogP) is 2.58. The zero-order chi connectivity index (χ0) is 16.7. The normalized spacial score (nSPS) is 22.4. The van der Waals surface area contributed by atoms with Crippen molar-refractivity contribution >= 4 is 18.7 Å². The van der Waals surface area contributed by atoms with Gasteiger partial charge < -0.3 is 18.9 Å². The Morgan fingerprint density at radius 2 is 1.57 bits per heavy atom. The quantitative estimate of drug-likeness (QED) is 0.787.